The van der Waals surface area contributed by atoms with Gasteiger partial charge in [-0.2, -0.15) is 0 Å². The predicted octanol–water partition coefficient (Wildman–Crippen LogP) is 2.92. The van der Waals surface area contributed by atoms with E-state index in [-0.39, 0.29) is 11.9 Å². The molecule has 2 rings (SSSR count). The van der Waals surface area contributed by atoms with Gasteiger partial charge in [0.1, 0.15) is 6.33 Å². The van der Waals surface area contributed by atoms with Gasteiger partial charge in [0.2, 0.25) is 5.91 Å². The maximum absolute atomic E-state index is 12.3. The molecule has 0 saturated heterocycles. The molecule has 0 radical (unpaired) electrons. The minimum atomic E-state index is 0.0894. The summed E-state index contributed by atoms with van der Waals surface area (Å²) >= 11 is 1.43. The van der Waals surface area contributed by atoms with Crippen LogP contribution >= 0.6 is 11.8 Å². The predicted molar refractivity (Wildman–Crippen MR) is 88.8 cm³/mol. The SMILES string of the molecule is Cc1ccccc1CN(C)C(=O)CSc1nncn1C(C)C. The molecule has 0 aliphatic rings. The van der Waals surface area contributed by atoms with Crippen LogP contribution in [0.1, 0.15) is 31.0 Å². The van der Waals surface area contributed by atoms with Crippen LogP contribution in [0.2, 0.25) is 0 Å². The van der Waals surface area contributed by atoms with Gasteiger partial charge in [0.25, 0.3) is 0 Å². The molecule has 1 aromatic heterocycles. The van der Waals surface area contributed by atoms with E-state index in [4.69, 9.17) is 0 Å². The van der Waals surface area contributed by atoms with Crippen molar-refractivity contribution >= 4 is 17.7 Å². The summed E-state index contributed by atoms with van der Waals surface area (Å²) in [7, 11) is 1.84. The molecule has 5 nitrogen and oxygen atoms in total. The van der Waals surface area contributed by atoms with Crippen molar-refractivity contribution in [3.63, 3.8) is 0 Å². The Bertz CT molecular complexity index is 639. The van der Waals surface area contributed by atoms with E-state index in [1.54, 1.807) is 11.2 Å². The van der Waals surface area contributed by atoms with Gasteiger partial charge in [0, 0.05) is 19.6 Å². The van der Waals surface area contributed by atoms with E-state index in [0.717, 1.165) is 5.16 Å². The monoisotopic (exact) mass is 318 g/mol. The lowest BCUT2D eigenvalue weighted by molar-refractivity contribution is -0.127. The first-order chi connectivity index (χ1) is 10.5. The number of hydrogen-bond donors (Lipinski definition) is 0. The lowest BCUT2D eigenvalue weighted by atomic mass is 10.1. The van der Waals surface area contributed by atoms with Crippen LogP contribution in [-0.2, 0) is 11.3 Å². The van der Waals surface area contributed by atoms with Crippen molar-refractivity contribution in [2.75, 3.05) is 12.8 Å². The number of thioether (sulfide) groups is 1. The number of carbonyl (C=O) groups is 1. The summed E-state index contributed by atoms with van der Waals surface area (Å²) in [5.74, 6) is 0.458. The first kappa shape index (κ1) is 16.5. The van der Waals surface area contributed by atoms with Gasteiger partial charge in [-0.3, -0.25) is 4.79 Å². The van der Waals surface area contributed by atoms with Crippen LogP contribution in [-0.4, -0.2) is 38.4 Å². The molecular weight excluding hydrogens is 296 g/mol. The number of aromatic nitrogens is 3. The Labute approximate surface area is 135 Å². The molecule has 0 fully saturated rings. The molecule has 1 aromatic carbocycles. The first-order valence-corrected chi connectivity index (χ1v) is 8.28. The first-order valence-electron chi connectivity index (χ1n) is 7.29. The lowest BCUT2D eigenvalue weighted by Crippen LogP contribution is -2.28. The molecule has 0 saturated carbocycles. The Morgan fingerprint density at radius 2 is 2.09 bits per heavy atom. The lowest BCUT2D eigenvalue weighted by Gasteiger charge is -2.18. The second-order valence-corrected chi connectivity index (χ2v) is 6.52. The third kappa shape index (κ3) is 4.10. The minimum Gasteiger partial charge on any atom is -0.341 e. The van der Waals surface area contributed by atoms with Crippen LogP contribution in [0.5, 0.6) is 0 Å². The third-order valence-electron chi connectivity index (χ3n) is 3.52. The normalized spacial score (nSPS) is 11.0. The van der Waals surface area contributed by atoms with Gasteiger partial charge in [-0.05, 0) is 31.9 Å². The highest BCUT2D eigenvalue weighted by Crippen LogP contribution is 2.19. The van der Waals surface area contributed by atoms with Crippen molar-refractivity contribution in [3.8, 4) is 0 Å². The summed E-state index contributed by atoms with van der Waals surface area (Å²) in [6, 6.07) is 8.42. The molecule has 0 atom stereocenters. The number of aryl methyl sites for hydroxylation is 1. The van der Waals surface area contributed by atoms with E-state index in [1.165, 1.54) is 22.9 Å². The summed E-state index contributed by atoms with van der Waals surface area (Å²) in [6.45, 7) is 6.83. The Morgan fingerprint density at radius 3 is 2.77 bits per heavy atom. The summed E-state index contributed by atoms with van der Waals surface area (Å²) in [6.07, 6.45) is 1.70. The number of nitrogens with zero attached hydrogens (tertiary/aromatic N) is 4. The number of benzene rings is 1. The van der Waals surface area contributed by atoms with Crippen LogP contribution in [0, 0.1) is 6.92 Å². The fourth-order valence-electron chi connectivity index (χ4n) is 2.06. The Hall–Kier alpha value is -1.82. The Morgan fingerprint density at radius 1 is 1.36 bits per heavy atom. The van der Waals surface area contributed by atoms with Crippen molar-refractivity contribution in [2.24, 2.45) is 0 Å². The Balaban J connectivity index is 1.92. The molecular formula is C16H22N4OS. The minimum absolute atomic E-state index is 0.0894. The van der Waals surface area contributed by atoms with Gasteiger partial charge in [-0.25, -0.2) is 0 Å². The van der Waals surface area contributed by atoms with Crippen LogP contribution in [0.4, 0.5) is 0 Å². The summed E-state index contributed by atoms with van der Waals surface area (Å²) < 4.78 is 1.97. The summed E-state index contributed by atoms with van der Waals surface area (Å²) in [4.78, 5) is 14.0. The molecule has 6 heteroatoms. The zero-order valence-corrected chi connectivity index (χ0v) is 14.3. The van der Waals surface area contributed by atoms with Gasteiger partial charge < -0.3 is 9.47 Å². The maximum Gasteiger partial charge on any atom is 0.233 e. The molecule has 2 aromatic rings. The highest BCUT2D eigenvalue weighted by atomic mass is 32.2. The average Bonchev–Trinajstić information content (AvgIpc) is 2.95. The summed E-state index contributed by atoms with van der Waals surface area (Å²) in [5.41, 5.74) is 2.38. The molecule has 1 amide bonds. The van der Waals surface area contributed by atoms with Crippen molar-refractivity contribution in [2.45, 2.75) is 38.5 Å². The number of hydrogen-bond acceptors (Lipinski definition) is 4. The zero-order valence-electron chi connectivity index (χ0n) is 13.5. The molecule has 0 N–H and O–H groups in total. The van der Waals surface area contributed by atoms with Gasteiger partial charge in [-0.15, -0.1) is 10.2 Å². The zero-order chi connectivity index (χ0) is 16.1. The van der Waals surface area contributed by atoms with E-state index >= 15 is 0 Å². The Kier molecular flexibility index (Phi) is 5.60. The van der Waals surface area contributed by atoms with Crippen molar-refractivity contribution in [1.82, 2.24) is 19.7 Å². The second kappa shape index (κ2) is 7.45. The van der Waals surface area contributed by atoms with E-state index in [1.807, 2.05) is 23.7 Å². The third-order valence-corrected chi connectivity index (χ3v) is 4.46. The van der Waals surface area contributed by atoms with Gasteiger partial charge in [0.05, 0.1) is 5.75 Å². The molecule has 0 unspecified atom stereocenters. The number of carbonyl (C=O) groups excluding carboxylic acids is 1. The standard InChI is InChI=1S/C16H22N4OS/c1-12(2)20-11-17-18-16(20)22-10-15(21)19(4)9-14-8-6-5-7-13(14)3/h5-8,11-12H,9-10H2,1-4H3. The number of amides is 1. The summed E-state index contributed by atoms with van der Waals surface area (Å²) in [5, 5.41) is 8.77. The molecule has 0 aliphatic heterocycles. The van der Waals surface area contributed by atoms with Gasteiger partial charge >= 0.3 is 0 Å². The number of rotatable bonds is 6. The van der Waals surface area contributed by atoms with E-state index in [2.05, 4.69) is 43.1 Å². The van der Waals surface area contributed by atoms with Crippen LogP contribution in [0.15, 0.2) is 35.7 Å². The fourth-order valence-corrected chi connectivity index (χ4v) is 3.04. The van der Waals surface area contributed by atoms with E-state index in [0.29, 0.717) is 12.3 Å². The van der Waals surface area contributed by atoms with E-state index < -0.39 is 0 Å². The fraction of sp³-hybridized carbons (Fsp3) is 0.438. The van der Waals surface area contributed by atoms with Gasteiger partial charge in [0.15, 0.2) is 5.16 Å². The van der Waals surface area contributed by atoms with Crippen molar-refractivity contribution in [3.05, 3.63) is 41.7 Å². The highest BCUT2D eigenvalue weighted by molar-refractivity contribution is 7.99. The van der Waals surface area contributed by atoms with Crippen LogP contribution in [0.3, 0.4) is 0 Å². The molecule has 1 heterocycles. The highest BCUT2D eigenvalue weighted by Gasteiger charge is 2.14. The maximum atomic E-state index is 12.3. The average molecular weight is 318 g/mol. The molecule has 0 spiro atoms. The molecule has 0 bridgehead atoms. The topological polar surface area (TPSA) is 51.0 Å². The van der Waals surface area contributed by atoms with Crippen molar-refractivity contribution < 1.29 is 4.79 Å². The van der Waals surface area contributed by atoms with Gasteiger partial charge in [-0.1, -0.05) is 36.0 Å². The largest absolute Gasteiger partial charge is 0.341 e. The second-order valence-electron chi connectivity index (χ2n) is 5.58. The molecule has 22 heavy (non-hydrogen) atoms. The van der Waals surface area contributed by atoms with Crippen LogP contribution in [0.25, 0.3) is 0 Å². The quantitative estimate of drug-likeness (QED) is 0.769. The van der Waals surface area contributed by atoms with Crippen molar-refractivity contribution in [1.29, 1.82) is 0 Å². The van der Waals surface area contributed by atoms with E-state index in [9.17, 15) is 4.79 Å². The molecule has 0 aliphatic carbocycles. The molecule has 118 valence electrons. The smallest absolute Gasteiger partial charge is 0.233 e. The van der Waals surface area contributed by atoms with Crippen LogP contribution < -0.4 is 0 Å².